The van der Waals surface area contributed by atoms with Gasteiger partial charge in [0.15, 0.2) is 0 Å². The van der Waals surface area contributed by atoms with Crippen LogP contribution in [0.3, 0.4) is 0 Å². The van der Waals surface area contributed by atoms with Crippen molar-refractivity contribution in [2.45, 2.75) is 46.0 Å². The minimum Gasteiger partial charge on any atom is -0.316 e. The minimum absolute atomic E-state index is 0.738. The molecule has 0 aromatic carbocycles. The van der Waals surface area contributed by atoms with Crippen LogP contribution in [0.25, 0.3) is 0 Å². The maximum Gasteiger partial charge on any atom is 0.117 e. The Kier molecular flexibility index (Phi) is 4.92. The first kappa shape index (κ1) is 13.0. The van der Waals surface area contributed by atoms with Crippen LogP contribution in [0.4, 0.5) is 0 Å². The molecule has 1 heterocycles. The topological polar surface area (TPSA) is 37.8 Å². The van der Waals surface area contributed by atoms with Crippen molar-refractivity contribution in [2.24, 2.45) is 11.8 Å². The van der Waals surface area contributed by atoms with E-state index in [1.54, 1.807) is 0 Å². The van der Waals surface area contributed by atoms with Crippen molar-refractivity contribution in [3.8, 4) is 0 Å². The summed E-state index contributed by atoms with van der Waals surface area (Å²) in [6.07, 6.45) is 6.21. The molecule has 3 nitrogen and oxygen atoms in total. The van der Waals surface area contributed by atoms with Gasteiger partial charge >= 0.3 is 0 Å². The van der Waals surface area contributed by atoms with Crippen molar-refractivity contribution in [2.75, 3.05) is 13.1 Å². The summed E-state index contributed by atoms with van der Waals surface area (Å²) < 4.78 is 0. The summed E-state index contributed by atoms with van der Waals surface area (Å²) in [7, 11) is 0. The number of nitrogens with zero attached hydrogens (tertiary/aromatic N) is 2. The van der Waals surface area contributed by atoms with E-state index in [1.807, 2.05) is 11.3 Å². The van der Waals surface area contributed by atoms with E-state index in [9.17, 15) is 0 Å². The average molecular weight is 253 g/mol. The Balaban J connectivity index is 1.59. The van der Waals surface area contributed by atoms with Crippen molar-refractivity contribution in [3.05, 3.63) is 10.0 Å². The zero-order valence-corrected chi connectivity index (χ0v) is 11.7. The van der Waals surface area contributed by atoms with Gasteiger partial charge in [-0.3, -0.25) is 0 Å². The van der Waals surface area contributed by atoms with Crippen molar-refractivity contribution in [1.29, 1.82) is 0 Å². The van der Waals surface area contributed by atoms with Crippen LogP contribution in [0.15, 0.2) is 0 Å². The van der Waals surface area contributed by atoms with Crippen LogP contribution in [0.2, 0.25) is 0 Å². The average Bonchev–Trinajstić information content (AvgIpc) is 2.97. The molecule has 0 unspecified atom stereocenters. The number of hydrogen-bond donors (Lipinski definition) is 1. The van der Waals surface area contributed by atoms with Gasteiger partial charge < -0.3 is 5.32 Å². The lowest BCUT2D eigenvalue weighted by molar-refractivity contribution is 0.542. The fourth-order valence-corrected chi connectivity index (χ4v) is 2.80. The third-order valence-corrected chi connectivity index (χ3v) is 3.97. The van der Waals surface area contributed by atoms with Crippen LogP contribution < -0.4 is 5.32 Å². The van der Waals surface area contributed by atoms with Gasteiger partial charge in [-0.05, 0) is 44.2 Å². The smallest absolute Gasteiger partial charge is 0.117 e. The summed E-state index contributed by atoms with van der Waals surface area (Å²) in [5, 5.41) is 14.5. The molecule has 4 heteroatoms. The van der Waals surface area contributed by atoms with E-state index in [0.29, 0.717) is 0 Å². The van der Waals surface area contributed by atoms with Gasteiger partial charge in [-0.25, -0.2) is 0 Å². The molecule has 1 aromatic rings. The fraction of sp³-hybridized carbons (Fsp3) is 0.846. The molecule has 1 saturated carbocycles. The highest BCUT2D eigenvalue weighted by atomic mass is 32.1. The Hall–Kier alpha value is -0.480. The molecule has 1 N–H and O–H groups in total. The number of aryl methyl sites for hydroxylation is 1. The van der Waals surface area contributed by atoms with Crippen LogP contribution >= 0.6 is 11.3 Å². The standard InChI is InChI=1S/C13H23N3S/c1-10(2)9-14-7-3-4-12-15-16-13(17-12)8-11-5-6-11/h10-11,14H,3-9H2,1-2H3. The third kappa shape index (κ3) is 5.13. The molecule has 1 aliphatic rings. The highest BCUT2D eigenvalue weighted by Gasteiger charge is 2.23. The van der Waals surface area contributed by atoms with Crippen molar-refractivity contribution in [1.82, 2.24) is 15.5 Å². The molecule has 0 amide bonds. The summed E-state index contributed by atoms with van der Waals surface area (Å²) in [5.41, 5.74) is 0. The normalized spacial score (nSPS) is 15.7. The molecule has 96 valence electrons. The lowest BCUT2D eigenvalue weighted by atomic mass is 10.2. The van der Waals surface area contributed by atoms with Gasteiger partial charge in [0.25, 0.3) is 0 Å². The zero-order valence-electron chi connectivity index (χ0n) is 10.9. The van der Waals surface area contributed by atoms with Gasteiger partial charge in [0.1, 0.15) is 10.0 Å². The van der Waals surface area contributed by atoms with Gasteiger partial charge in [-0.15, -0.1) is 21.5 Å². The van der Waals surface area contributed by atoms with Crippen LogP contribution in [0.1, 0.15) is 43.1 Å². The molecular weight excluding hydrogens is 230 g/mol. The second-order valence-electron chi connectivity index (χ2n) is 5.44. The lowest BCUT2D eigenvalue weighted by Gasteiger charge is -2.05. The molecule has 0 bridgehead atoms. The first-order valence-electron chi connectivity index (χ1n) is 6.76. The quantitative estimate of drug-likeness (QED) is 0.724. The summed E-state index contributed by atoms with van der Waals surface area (Å²) in [6.45, 7) is 6.68. The molecule has 1 fully saturated rings. The molecule has 0 spiro atoms. The van der Waals surface area contributed by atoms with E-state index in [0.717, 1.165) is 31.3 Å². The number of rotatable bonds is 8. The summed E-state index contributed by atoms with van der Waals surface area (Å²) in [5.74, 6) is 1.66. The Morgan fingerprint density at radius 3 is 2.76 bits per heavy atom. The Labute approximate surface area is 108 Å². The van der Waals surface area contributed by atoms with Crippen LogP contribution in [-0.4, -0.2) is 23.3 Å². The first-order chi connectivity index (χ1) is 8.24. The number of hydrogen-bond acceptors (Lipinski definition) is 4. The molecule has 17 heavy (non-hydrogen) atoms. The Morgan fingerprint density at radius 2 is 2.06 bits per heavy atom. The first-order valence-corrected chi connectivity index (χ1v) is 7.57. The van der Waals surface area contributed by atoms with E-state index >= 15 is 0 Å². The Bertz CT molecular complexity index is 331. The number of aromatic nitrogens is 2. The van der Waals surface area contributed by atoms with Gasteiger partial charge in [0.2, 0.25) is 0 Å². The predicted octanol–water partition coefficient (Wildman–Crippen LogP) is 2.67. The summed E-state index contributed by atoms with van der Waals surface area (Å²) in [6, 6.07) is 0. The van der Waals surface area contributed by atoms with Crippen LogP contribution in [0.5, 0.6) is 0 Å². The molecular formula is C13H23N3S. The largest absolute Gasteiger partial charge is 0.316 e. The minimum atomic E-state index is 0.738. The maximum atomic E-state index is 4.27. The van der Waals surface area contributed by atoms with E-state index in [4.69, 9.17) is 0 Å². The van der Waals surface area contributed by atoms with E-state index < -0.39 is 0 Å². The van der Waals surface area contributed by atoms with Crippen molar-refractivity contribution >= 4 is 11.3 Å². The third-order valence-electron chi connectivity index (χ3n) is 2.97. The summed E-state index contributed by atoms with van der Waals surface area (Å²) >= 11 is 1.82. The predicted molar refractivity (Wildman–Crippen MR) is 72.4 cm³/mol. The molecule has 1 aromatic heterocycles. The number of nitrogens with one attached hydrogen (secondary N) is 1. The summed E-state index contributed by atoms with van der Waals surface area (Å²) in [4.78, 5) is 0. The lowest BCUT2D eigenvalue weighted by Crippen LogP contribution is -2.21. The van der Waals surface area contributed by atoms with Crippen LogP contribution in [0, 0.1) is 11.8 Å². The zero-order chi connectivity index (χ0) is 12.1. The van der Waals surface area contributed by atoms with E-state index in [1.165, 1.54) is 35.7 Å². The molecule has 0 aliphatic heterocycles. The SMILES string of the molecule is CC(C)CNCCCc1nnc(CC2CC2)s1. The molecule has 2 rings (SSSR count). The molecule has 0 atom stereocenters. The van der Waals surface area contributed by atoms with Gasteiger partial charge in [0.05, 0.1) is 0 Å². The molecule has 0 radical (unpaired) electrons. The monoisotopic (exact) mass is 253 g/mol. The molecule has 1 aliphatic carbocycles. The molecule has 0 saturated heterocycles. The van der Waals surface area contributed by atoms with Gasteiger partial charge in [0, 0.05) is 12.8 Å². The van der Waals surface area contributed by atoms with Gasteiger partial charge in [-0.2, -0.15) is 0 Å². The highest BCUT2D eigenvalue weighted by molar-refractivity contribution is 7.11. The van der Waals surface area contributed by atoms with Crippen LogP contribution in [-0.2, 0) is 12.8 Å². The second-order valence-corrected chi connectivity index (χ2v) is 6.59. The van der Waals surface area contributed by atoms with E-state index in [2.05, 4.69) is 29.4 Å². The second kappa shape index (κ2) is 6.45. The fourth-order valence-electron chi connectivity index (χ4n) is 1.80. The van der Waals surface area contributed by atoms with Gasteiger partial charge in [-0.1, -0.05) is 13.8 Å². The maximum absolute atomic E-state index is 4.27. The highest BCUT2D eigenvalue weighted by Crippen LogP contribution is 2.33. The van der Waals surface area contributed by atoms with Crippen molar-refractivity contribution in [3.63, 3.8) is 0 Å². The Morgan fingerprint density at radius 1 is 1.29 bits per heavy atom. The van der Waals surface area contributed by atoms with E-state index in [-0.39, 0.29) is 0 Å². The van der Waals surface area contributed by atoms with Crippen molar-refractivity contribution < 1.29 is 0 Å².